The Hall–Kier alpha value is -2.88. The Kier molecular flexibility index (Phi) is 4.11. The van der Waals surface area contributed by atoms with Crippen molar-refractivity contribution in [3.05, 3.63) is 40.9 Å². The average molecular weight is 351 g/mol. The molecule has 3 fully saturated rings. The number of rotatable bonds is 3. The molecule has 0 aromatic carbocycles. The second-order valence-electron chi connectivity index (χ2n) is 7.12. The summed E-state index contributed by atoms with van der Waals surface area (Å²) in [7, 11) is 0. The van der Waals surface area contributed by atoms with Crippen molar-refractivity contribution in [2.75, 3.05) is 18.0 Å². The van der Waals surface area contributed by atoms with Gasteiger partial charge in [0.05, 0.1) is 23.7 Å². The lowest BCUT2D eigenvalue weighted by atomic mass is 9.93. The van der Waals surface area contributed by atoms with Crippen LogP contribution in [0.5, 0.6) is 0 Å². The molecule has 7 nitrogen and oxygen atoms in total. The minimum absolute atomic E-state index is 0.0216. The molecule has 3 saturated heterocycles. The van der Waals surface area contributed by atoms with E-state index in [0.29, 0.717) is 18.7 Å². The molecule has 3 aliphatic rings. The van der Waals surface area contributed by atoms with Crippen molar-refractivity contribution in [1.82, 2.24) is 15.0 Å². The highest BCUT2D eigenvalue weighted by Crippen LogP contribution is 2.33. The van der Waals surface area contributed by atoms with Crippen molar-refractivity contribution in [2.24, 2.45) is 5.92 Å². The Morgan fingerprint density at radius 3 is 2.81 bits per heavy atom. The Balaban J connectivity index is 1.59. The zero-order valence-electron chi connectivity index (χ0n) is 15.0. The Morgan fingerprint density at radius 1 is 1.31 bits per heavy atom. The van der Waals surface area contributed by atoms with Gasteiger partial charge >= 0.3 is 0 Å². The van der Waals surface area contributed by atoms with Crippen LogP contribution in [-0.4, -0.2) is 40.1 Å². The molecule has 3 aliphatic heterocycles. The highest BCUT2D eigenvalue weighted by molar-refractivity contribution is 5.81. The van der Waals surface area contributed by atoms with Crippen molar-refractivity contribution in [2.45, 2.75) is 39.3 Å². The smallest absolute Gasteiger partial charge is 0.228 e. The Morgan fingerprint density at radius 2 is 2.15 bits per heavy atom. The van der Waals surface area contributed by atoms with Crippen molar-refractivity contribution < 1.29 is 9.32 Å². The molecule has 2 atom stereocenters. The number of carbonyl (C=O) groups is 1. The number of pyridine rings is 1. The lowest BCUT2D eigenvalue weighted by molar-refractivity contribution is -0.140. The molecule has 5 heterocycles. The van der Waals surface area contributed by atoms with Gasteiger partial charge in [-0.15, -0.1) is 0 Å². The lowest BCUT2D eigenvalue weighted by Crippen LogP contribution is -2.47. The molecule has 7 heteroatoms. The second-order valence-corrected chi connectivity index (χ2v) is 7.12. The van der Waals surface area contributed by atoms with E-state index in [1.54, 1.807) is 12.3 Å². The van der Waals surface area contributed by atoms with E-state index < -0.39 is 0 Å². The molecule has 0 saturated carbocycles. The number of piperidine rings is 1. The van der Waals surface area contributed by atoms with Gasteiger partial charge in [0.2, 0.25) is 5.91 Å². The van der Waals surface area contributed by atoms with Crippen molar-refractivity contribution in [3.63, 3.8) is 0 Å². The standard InChI is InChI=1S/C19H21N5O2/c1-12-17(13(2)26-22-12)11-24-16-5-4-15(19(24)25)9-23(10-16)18-6-3-14(7-20)8-21-18/h3,6,8,15-16H,4-5,9-11H2,1-2H3/t15-,16+/m1/s1. The third-order valence-electron chi connectivity index (χ3n) is 5.50. The maximum absolute atomic E-state index is 13.0. The number of hydrogen-bond acceptors (Lipinski definition) is 6. The quantitative estimate of drug-likeness (QED) is 0.842. The molecule has 134 valence electrons. The molecule has 2 aromatic heterocycles. The van der Waals surface area contributed by atoms with Gasteiger partial charge in [0.1, 0.15) is 17.6 Å². The largest absolute Gasteiger partial charge is 0.361 e. The van der Waals surface area contributed by atoms with Crippen LogP contribution < -0.4 is 4.90 Å². The molecule has 1 amide bonds. The monoisotopic (exact) mass is 351 g/mol. The lowest BCUT2D eigenvalue weighted by Gasteiger charge is -2.35. The van der Waals surface area contributed by atoms with E-state index in [4.69, 9.17) is 9.78 Å². The second kappa shape index (κ2) is 6.45. The van der Waals surface area contributed by atoms with E-state index in [0.717, 1.165) is 42.2 Å². The summed E-state index contributed by atoms with van der Waals surface area (Å²) in [4.78, 5) is 21.6. The molecule has 0 N–H and O–H groups in total. The molecule has 0 radical (unpaired) electrons. The van der Waals surface area contributed by atoms with E-state index in [1.807, 2.05) is 24.8 Å². The van der Waals surface area contributed by atoms with Gasteiger partial charge in [0, 0.05) is 30.9 Å². The van der Waals surface area contributed by atoms with E-state index in [1.165, 1.54) is 0 Å². The van der Waals surface area contributed by atoms with E-state index in [2.05, 4.69) is 21.1 Å². The number of amides is 1. The number of nitriles is 1. The topological polar surface area (TPSA) is 86.3 Å². The van der Waals surface area contributed by atoms with Crippen LogP contribution in [0.4, 0.5) is 5.82 Å². The normalized spacial score (nSPS) is 22.4. The highest BCUT2D eigenvalue weighted by Gasteiger charge is 2.41. The number of aromatic nitrogens is 2. The highest BCUT2D eigenvalue weighted by atomic mass is 16.5. The van der Waals surface area contributed by atoms with Crippen LogP contribution in [0.15, 0.2) is 22.9 Å². The fourth-order valence-electron chi connectivity index (χ4n) is 3.97. The zero-order chi connectivity index (χ0) is 18.3. The average Bonchev–Trinajstić information content (AvgIpc) is 2.82. The van der Waals surface area contributed by atoms with Crippen LogP contribution in [-0.2, 0) is 11.3 Å². The maximum Gasteiger partial charge on any atom is 0.228 e. The van der Waals surface area contributed by atoms with Crippen LogP contribution in [0.2, 0.25) is 0 Å². The van der Waals surface area contributed by atoms with Crippen molar-refractivity contribution in [1.29, 1.82) is 5.26 Å². The summed E-state index contributed by atoms with van der Waals surface area (Å²) in [6, 6.07) is 5.88. The fraction of sp³-hybridized carbons (Fsp3) is 0.474. The Labute approximate surface area is 152 Å². The Bertz CT molecular complexity index is 848. The molecule has 2 bridgehead atoms. The summed E-state index contributed by atoms with van der Waals surface area (Å²) < 4.78 is 5.26. The predicted octanol–water partition coefficient (Wildman–Crippen LogP) is 2.19. The molecule has 2 aromatic rings. The van der Waals surface area contributed by atoms with Crippen LogP contribution in [0.25, 0.3) is 0 Å². The van der Waals surface area contributed by atoms with Gasteiger partial charge in [-0.3, -0.25) is 4.79 Å². The number of anilines is 1. The predicted molar refractivity (Wildman–Crippen MR) is 94.2 cm³/mol. The molecule has 26 heavy (non-hydrogen) atoms. The van der Waals surface area contributed by atoms with E-state index in [9.17, 15) is 4.79 Å². The van der Waals surface area contributed by atoms with Crippen LogP contribution in [0.1, 0.15) is 35.4 Å². The summed E-state index contributed by atoms with van der Waals surface area (Å²) in [5.41, 5.74) is 2.40. The first-order chi connectivity index (χ1) is 12.6. The number of carbonyl (C=O) groups excluding carboxylic acids is 1. The third-order valence-corrected chi connectivity index (χ3v) is 5.50. The van der Waals surface area contributed by atoms with Gasteiger partial charge in [-0.05, 0) is 38.8 Å². The summed E-state index contributed by atoms with van der Waals surface area (Å²) in [6.07, 6.45) is 3.49. The van der Waals surface area contributed by atoms with Gasteiger partial charge in [0.25, 0.3) is 0 Å². The first-order valence-electron chi connectivity index (χ1n) is 8.90. The molecule has 0 unspecified atom stereocenters. The van der Waals surface area contributed by atoms with Gasteiger partial charge in [-0.25, -0.2) is 4.98 Å². The van der Waals surface area contributed by atoms with Crippen LogP contribution >= 0.6 is 0 Å². The van der Waals surface area contributed by atoms with E-state index in [-0.39, 0.29) is 17.9 Å². The van der Waals surface area contributed by atoms with Crippen molar-refractivity contribution >= 4 is 11.7 Å². The molecule has 5 rings (SSSR count). The number of fused-ring (bicyclic) bond motifs is 4. The number of hydrogen-bond donors (Lipinski definition) is 0. The van der Waals surface area contributed by atoms with Crippen molar-refractivity contribution in [3.8, 4) is 6.07 Å². The summed E-state index contributed by atoms with van der Waals surface area (Å²) in [6.45, 7) is 5.79. The fourth-order valence-corrected chi connectivity index (χ4v) is 3.97. The SMILES string of the molecule is Cc1noc(C)c1CN1C(=O)[C@@H]2CC[C@H]1CN(c1ccc(C#N)cn1)C2. The first kappa shape index (κ1) is 16.6. The maximum atomic E-state index is 13.0. The number of aryl methyl sites for hydroxylation is 2. The van der Waals surface area contributed by atoms with Gasteiger partial charge in [-0.1, -0.05) is 5.16 Å². The number of nitrogens with zero attached hydrogens (tertiary/aromatic N) is 5. The minimum atomic E-state index is -0.0216. The van der Waals surface area contributed by atoms with Gasteiger partial charge in [0.15, 0.2) is 0 Å². The van der Waals surface area contributed by atoms with E-state index >= 15 is 0 Å². The zero-order valence-corrected chi connectivity index (χ0v) is 15.0. The summed E-state index contributed by atoms with van der Waals surface area (Å²) in [5.74, 6) is 1.79. The summed E-state index contributed by atoms with van der Waals surface area (Å²) in [5, 5.41) is 13.0. The van der Waals surface area contributed by atoms with Gasteiger partial charge in [-0.2, -0.15) is 5.26 Å². The molecular formula is C19H21N5O2. The third kappa shape index (κ3) is 2.81. The molecule has 0 spiro atoms. The summed E-state index contributed by atoms with van der Waals surface area (Å²) >= 11 is 0. The van der Waals surface area contributed by atoms with Gasteiger partial charge < -0.3 is 14.3 Å². The minimum Gasteiger partial charge on any atom is -0.361 e. The first-order valence-corrected chi connectivity index (χ1v) is 8.90. The van der Waals surface area contributed by atoms with Crippen LogP contribution in [0, 0.1) is 31.1 Å². The molecule has 0 aliphatic carbocycles. The van der Waals surface area contributed by atoms with Crippen LogP contribution in [0.3, 0.4) is 0 Å². The molecular weight excluding hydrogens is 330 g/mol.